The third-order valence-corrected chi connectivity index (χ3v) is 5.38. The summed E-state index contributed by atoms with van der Waals surface area (Å²) in [5, 5.41) is 9.53. The first kappa shape index (κ1) is 21.5. The molecular weight excluding hydrogens is 472 g/mol. The molecule has 0 radical (unpaired) electrons. The van der Waals surface area contributed by atoms with Gasteiger partial charge in [-0.05, 0) is 54.4 Å². The van der Waals surface area contributed by atoms with Crippen LogP contribution in [0, 0.1) is 0 Å². The molecule has 0 aromatic heterocycles. The van der Waals surface area contributed by atoms with E-state index in [0.717, 1.165) is 10.0 Å². The lowest BCUT2D eigenvalue weighted by Crippen LogP contribution is -2.23. The molecule has 7 nitrogen and oxygen atoms in total. The minimum absolute atomic E-state index is 0.102. The molecule has 3 aromatic carbocycles. The maximum absolute atomic E-state index is 12.4. The molecule has 1 heterocycles. The average Bonchev–Trinajstić information content (AvgIpc) is 3.11. The summed E-state index contributed by atoms with van der Waals surface area (Å²) in [7, 11) is 0. The van der Waals surface area contributed by atoms with Gasteiger partial charge in [-0.3, -0.25) is 14.4 Å². The molecule has 0 spiro atoms. The summed E-state index contributed by atoms with van der Waals surface area (Å²) < 4.78 is 0.799. The van der Waals surface area contributed by atoms with Crippen LogP contribution in [-0.2, 0) is 16.0 Å². The van der Waals surface area contributed by atoms with E-state index in [9.17, 15) is 14.4 Å². The fourth-order valence-electron chi connectivity index (χ4n) is 3.24. The Balaban J connectivity index is 1.34. The molecule has 0 saturated carbocycles. The molecule has 4 rings (SSSR count). The highest BCUT2D eigenvalue weighted by atomic mass is 79.9. The van der Waals surface area contributed by atoms with Crippen LogP contribution in [-0.4, -0.2) is 23.4 Å². The summed E-state index contributed by atoms with van der Waals surface area (Å²) in [5.41, 5.74) is 5.85. The van der Waals surface area contributed by atoms with Gasteiger partial charge in [0.05, 0.1) is 5.69 Å². The zero-order valence-electron chi connectivity index (χ0n) is 16.9. The number of nitrogens with zero attached hydrogens (tertiary/aromatic N) is 1. The lowest BCUT2D eigenvalue weighted by Gasteiger charge is -2.07. The van der Waals surface area contributed by atoms with Crippen LogP contribution in [0.15, 0.2) is 82.4 Å². The van der Waals surface area contributed by atoms with E-state index in [1.165, 1.54) is 0 Å². The topological polar surface area (TPSA) is 99.7 Å². The number of hydrazone groups is 1. The fraction of sp³-hybridized carbons (Fsp3) is 0.0833. The second kappa shape index (κ2) is 9.57. The van der Waals surface area contributed by atoms with Gasteiger partial charge in [0.2, 0.25) is 5.91 Å². The van der Waals surface area contributed by atoms with Crippen LogP contribution in [0.25, 0.3) is 0 Å². The van der Waals surface area contributed by atoms with Gasteiger partial charge < -0.3 is 10.6 Å². The Morgan fingerprint density at radius 3 is 2.47 bits per heavy atom. The first-order chi connectivity index (χ1) is 15.5. The van der Waals surface area contributed by atoms with Gasteiger partial charge in [-0.1, -0.05) is 46.3 Å². The number of rotatable bonds is 6. The third kappa shape index (κ3) is 5.09. The van der Waals surface area contributed by atoms with E-state index in [2.05, 4.69) is 37.1 Å². The number of fused-ring (bicyclic) bond motifs is 1. The molecule has 0 aliphatic carbocycles. The number of hydrogen-bond acceptors (Lipinski definition) is 4. The zero-order valence-corrected chi connectivity index (χ0v) is 18.5. The van der Waals surface area contributed by atoms with Crippen molar-refractivity contribution in [2.24, 2.45) is 5.10 Å². The SMILES string of the molecule is O=C(CCc1ccccc1)Nc1ccc(C(=O)N/N=C2\C(=O)Nc3ccc(Br)cc32)cc1. The van der Waals surface area contributed by atoms with Crippen LogP contribution in [0.1, 0.15) is 27.9 Å². The molecule has 32 heavy (non-hydrogen) atoms. The maximum atomic E-state index is 12.4. The van der Waals surface area contributed by atoms with Crippen LogP contribution < -0.4 is 16.1 Å². The molecule has 0 bridgehead atoms. The number of nitrogens with one attached hydrogen (secondary N) is 3. The zero-order chi connectivity index (χ0) is 22.5. The van der Waals surface area contributed by atoms with Crippen molar-refractivity contribution in [3.8, 4) is 0 Å². The van der Waals surface area contributed by atoms with E-state index >= 15 is 0 Å². The van der Waals surface area contributed by atoms with Crippen molar-refractivity contribution < 1.29 is 14.4 Å². The molecule has 1 aliphatic rings. The number of carbonyl (C=O) groups is 3. The van der Waals surface area contributed by atoms with Gasteiger partial charge in [0.25, 0.3) is 11.8 Å². The minimum Gasteiger partial charge on any atom is -0.326 e. The van der Waals surface area contributed by atoms with Crippen molar-refractivity contribution >= 4 is 50.7 Å². The number of benzene rings is 3. The van der Waals surface area contributed by atoms with Gasteiger partial charge in [-0.2, -0.15) is 5.10 Å². The van der Waals surface area contributed by atoms with Crippen molar-refractivity contribution in [2.45, 2.75) is 12.8 Å². The molecular formula is C24H19BrN4O3. The van der Waals surface area contributed by atoms with Crippen molar-refractivity contribution in [3.05, 3.63) is 94.0 Å². The monoisotopic (exact) mass is 490 g/mol. The number of carbonyl (C=O) groups excluding carboxylic acids is 3. The van der Waals surface area contributed by atoms with E-state index in [0.29, 0.717) is 35.3 Å². The van der Waals surface area contributed by atoms with E-state index in [-0.39, 0.29) is 17.5 Å². The summed E-state index contributed by atoms with van der Waals surface area (Å²) >= 11 is 3.36. The molecule has 0 saturated heterocycles. The van der Waals surface area contributed by atoms with E-state index in [1.54, 1.807) is 36.4 Å². The third-order valence-electron chi connectivity index (χ3n) is 4.88. The highest BCUT2D eigenvalue weighted by molar-refractivity contribution is 9.10. The Hall–Kier alpha value is -3.78. The normalized spacial score (nSPS) is 13.4. The second-order valence-electron chi connectivity index (χ2n) is 7.16. The smallest absolute Gasteiger partial charge is 0.276 e. The molecule has 0 unspecified atom stereocenters. The summed E-state index contributed by atoms with van der Waals surface area (Å²) in [4.78, 5) is 36.7. The number of hydrogen-bond donors (Lipinski definition) is 3. The van der Waals surface area contributed by atoms with Gasteiger partial charge in [0.1, 0.15) is 0 Å². The first-order valence-corrected chi connectivity index (χ1v) is 10.7. The summed E-state index contributed by atoms with van der Waals surface area (Å²) in [5.74, 6) is -0.947. The summed E-state index contributed by atoms with van der Waals surface area (Å²) in [6.07, 6.45) is 1.02. The number of amides is 3. The second-order valence-corrected chi connectivity index (χ2v) is 8.07. The van der Waals surface area contributed by atoms with Gasteiger partial charge in [0, 0.05) is 27.7 Å². The highest BCUT2D eigenvalue weighted by Crippen LogP contribution is 2.26. The molecule has 0 fully saturated rings. The molecule has 8 heteroatoms. The van der Waals surface area contributed by atoms with Crippen LogP contribution >= 0.6 is 15.9 Å². The van der Waals surface area contributed by atoms with Crippen molar-refractivity contribution in [3.63, 3.8) is 0 Å². The first-order valence-electron chi connectivity index (χ1n) is 9.93. The molecule has 3 aromatic rings. The Kier molecular flexibility index (Phi) is 6.42. The van der Waals surface area contributed by atoms with Crippen LogP contribution in [0.2, 0.25) is 0 Å². The molecule has 3 N–H and O–H groups in total. The van der Waals surface area contributed by atoms with Crippen LogP contribution in [0.5, 0.6) is 0 Å². The lowest BCUT2D eigenvalue weighted by atomic mass is 10.1. The Morgan fingerprint density at radius 1 is 0.969 bits per heavy atom. The van der Waals surface area contributed by atoms with E-state index in [1.807, 2.05) is 36.4 Å². The van der Waals surface area contributed by atoms with E-state index in [4.69, 9.17) is 0 Å². The predicted octanol–water partition coefficient (Wildman–Crippen LogP) is 4.11. The standard InChI is InChI=1S/C24H19BrN4O3/c25-17-9-12-20-19(14-17)22(24(32)27-20)28-29-23(31)16-7-10-18(11-8-16)26-21(30)13-6-15-4-2-1-3-5-15/h1-5,7-12,14H,6,13H2,(H,26,30)(H,29,31)(H,27,28,32). The van der Waals surface area contributed by atoms with Crippen LogP contribution in [0.3, 0.4) is 0 Å². The number of halogens is 1. The Morgan fingerprint density at radius 2 is 1.72 bits per heavy atom. The van der Waals surface area contributed by atoms with Gasteiger partial charge in [-0.15, -0.1) is 0 Å². The largest absolute Gasteiger partial charge is 0.326 e. The molecule has 0 atom stereocenters. The summed E-state index contributed by atoms with van der Waals surface area (Å²) in [6, 6.07) is 21.6. The van der Waals surface area contributed by atoms with Crippen molar-refractivity contribution in [1.82, 2.24) is 5.43 Å². The predicted molar refractivity (Wildman–Crippen MR) is 127 cm³/mol. The average molecular weight is 491 g/mol. The number of anilines is 2. The quantitative estimate of drug-likeness (QED) is 0.453. The van der Waals surface area contributed by atoms with Crippen molar-refractivity contribution in [1.29, 1.82) is 0 Å². The lowest BCUT2D eigenvalue weighted by molar-refractivity contribution is -0.116. The highest BCUT2D eigenvalue weighted by Gasteiger charge is 2.26. The molecule has 160 valence electrons. The fourth-order valence-corrected chi connectivity index (χ4v) is 3.60. The Bertz CT molecular complexity index is 1210. The minimum atomic E-state index is -0.462. The van der Waals surface area contributed by atoms with E-state index < -0.39 is 5.91 Å². The summed E-state index contributed by atoms with van der Waals surface area (Å²) in [6.45, 7) is 0. The van der Waals surface area contributed by atoms with Gasteiger partial charge >= 0.3 is 0 Å². The van der Waals surface area contributed by atoms with Crippen LogP contribution in [0.4, 0.5) is 11.4 Å². The van der Waals surface area contributed by atoms with Gasteiger partial charge in [-0.25, -0.2) is 5.43 Å². The van der Waals surface area contributed by atoms with Gasteiger partial charge in [0.15, 0.2) is 5.71 Å². The number of aryl methyl sites for hydroxylation is 1. The maximum Gasteiger partial charge on any atom is 0.276 e. The molecule has 1 aliphatic heterocycles. The van der Waals surface area contributed by atoms with Crippen molar-refractivity contribution in [2.75, 3.05) is 10.6 Å². The Labute approximate surface area is 193 Å². The molecule has 3 amide bonds.